The standard InChI is InChI=1S/C17H16ClN3O2/c1-10-13(18)3-2-4-14(10)21-17(23)15-9-11(7-8-19-15)16(22)20-12-5-6-12/h2-4,7-9,12H,5-6H2,1H3,(H,20,22)(H,21,23). The van der Waals surface area contributed by atoms with Gasteiger partial charge in [0.15, 0.2) is 0 Å². The molecule has 0 saturated heterocycles. The molecule has 0 spiro atoms. The number of hydrogen-bond acceptors (Lipinski definition) is 3. The van der Waals surface area contributed by atoms with Crippen molar-refractivity contribution >= 4 is 29.1 Å². The highest BCUT2D eigenvalue weighted by atomic mass is 35.5. The van der Waals surface area contributed by atoms with E-state index in [4.69, 9.17) is 11.6 Å². The summed E-state index contributed by atoms with van der Waals surface area (Å²) in [7, 11) is 0. The number of benzene rings is 1. The topological polar surface area (TPSA) is 71.1 Å². The average molecular weight is 330 g/mol. The average Bonchev–Trinajstić information content (AvgIpc) is 3.36. The molecule has 0 unspecified atom stereocenters. The monoisotopic (exact) mass is 329 g/mol. The highest BCUT2D eigenvalue weighted by Gasteiger charge is 2.24. The van der Waals surface area contributed by atoms with Crippen molar-refractivity contribution in [2.24, 2.45) is 0 Å². The van der Waals surface area contributed by atoms with Crippen LogP contribution in [0.3, 0.4) is 0 Å². The van der Waals surface area contributed by atoms with E-state index in [9.17, 15) is 9.59 Å². The maximum Gasteiger partial charge on any atom is 0.274 e. The molecule has 0 atom stereocenters. The number of aromatic nitrogens is 1. The molecule has 2 aromatic rings. The molecule has 118 valence electrons. The van der Waals surface area contributed by atoms with Crippen molar-refractivity contribution in [1.29, 1.82) is 0 Å². The van der Waals surface area contributed by atoms with Crippen LogP contribution in [-0.4, -0.2) is 22.8 Å². The first kappa shape index (κ1) is 15.5. The molecule has 0 aliphatic heterocycles. The van der Waals surface area contributed by atoms with Crippen molar-refractivity contribution in [3.05, 3.63) is 58.4 Å². The summed E-state index contributed by atoms with van der Waals surface area (Å²) >= 11 is 6.04. The van der Waals surface area contributed by atoms with Crippen LogP contribution in [0, 0.1) is 6.92 Å². The summed E-state index contributed by atoms with van der Waals surface area (Å²) in [6, 6.07) is 8.64. The number of rotatable bonds is 4. The first-order valence-electron chi connectivity index (χ1n) is 7.38. The summed E-state index contributed by atoms with van der Waals surface area (Å²) in [5.74, 6) is -0.556. The van der Waals surface area contributed by atoms with Gasteiger partial charge >= 0.3 is 0 Å². The lowest BCUT2D eigenvalue weighted by Crippen LogP contribution is -2.26. The van der Waals surface area contributed by atoms with Crippen molar-refractivity contribution in [2.45, 2.75) is 25.8 Å². The number of amides is 2. The van der Waals surface area contributed by atoms with Crippen LogP contribution in [0.4, 0.5) is 5.69 Å². The van der Waals surface area contributed by atoms with Crippen molar-refractivity contribution in [3.63, 3.8) is 0 Å². The van der Waals surface area contributed by atoms with Crippen molar-refractivity contribution in [1.82, 2.24) is 10.3 Å². The molecule has 1 saturated carbocycles. The van der Waals surface area contributed by atoms with Crippen molar-refractivity contribution in [2.75, 3.05) is 5.32 Å². The normalized spacial score (nSPS) is 13.5. The molecular weight excluding hydrogens is 314 g/mol. The number of nitrogens with one attached hydrogen (secondary N) is 2. The Balaban J connectivity index is 1.76. The highest BCUT2D eigenvalue weighted by molar-refractivity contribution is 6.31. The number of carbonyl (C=O) groups is 2. The molecule has 1 fully saturated rings. The van der Waals surface area contributed by atoms with Crippen LogP contribution in [0.25, 0.3) is 0 Å². The summed E-state index contributed by atoms with van der Waals surface area (Å²) in [4.78, 5) is 28.4. The zero-order chi connectivity index (χ0) is 16.4. The van der Waals surface area contributed by atoms with Crippen LogP contribution in [0.5, 0.6) is 0 Å². The Morgan fingerprint density at radius 2 is 2.00 bits per heavy atom. The van der Waals surface area contributed by atoms with E-state index in [0.29, 0.717) is 16.3 Å². The number of halogens is 1. The van der Waals surface area contributed by atoms with Gasteiger partial charge in [-0.2, -0.15) is 0 Å². The second-order valence-electron chi connectivity index (χ2n) is 5.54. The largest absolute Gasteiger partial charge is 0.349 e. The molecule has 23 heavy (non-hydrogen) atoms. The van der Waals surface area contributed by atoms with Gasteiger partial charge in [-0.3, -0.25) is 14.6 Å². The molecular formula is C17H16ClN3O2. The first-order chi connectivity index (χ1) is 11.0. The lowest BCUT2D eigenvalue weighted by Gasteiger charge is -2.10. The molecule has 1 aromatic carbocycles. The van der Waals surface area contributed by atoms with E-state index < -0.39 is 0 Å². The third kappa shape index (κ3) is 3.68. The van der Waals surface area contributed by atoms with E-state index >= 15 is 0 Å². The Morgan fingerprint density at radius 1 is 1.22 bits per heavy atom. The number of carbonyl (C=O) groups excluding carboxylic acids is 2. The Bertz CT molecular complexity index is 772. The Labute approximate surface area is 139 Å². The Hall–Kier alpha value is -2.40. The van der Waals surface area contributed by atoms with Gasteiger partial charge in [-0.05, 0) is 49.6 Å². The maximum absolute atomic E-state index is 12.3. The van der Waals surface area contributed by atoms with Gasteiger partial charge in [0, 0.05) is 28.5 Å². The van der Waals surface area contributed by atoms with Gasteiger partial charge in [0.1, 0.15) is 5.69 Å². The molecule has 2 N–H and O–H groups in total. The van der Waals surface area contributed by atoms with E-state index in [1.54, 1.807) is 24.3 Å². The second kappa shape index (κ2) is 6.38. The molecule has 1 aliphatic rings. The minimum atomic E-state index is -0.378. The van der Waals surface area contributed by atoms with Gasteiger partial charge in [-0.15, -0.1) is 0 Å². The summed E-state index contributed by atoms with van der Waals surface area (Å²) in [6.07, 6.45) is 3.48. The zero-order valence-electron chi connectivity index (χ0n) is 12.6. The van der Waals surface area contributed by atoms with E-state index in [1.807, 2.05) is 6.92 Å². The smallest absolute Gasteiger partial charge is 0.274 e. The minimum Gasteiger partial charge on any atom is -0.349 e. The lowest BCUT2D eigenvalue weighted by molar-refractivity contribution is 0.0951. The predicted molar refractivity (Wildman–Crippen MR) is 88.9 cm³/mol. The number of anilines is 1. The number of nitrogens with zero attached hydrogens (tertiary/aromatic N) is 1. The molecule has 0 bridgehead atoms. The molecule has 1 aliphatic carbocycles. The molecule has 0 radical (unpaired) electrons. The third-order valence-corrected chi connectivity index (χ3v) is 4.09. The van der Waals surface area contributed by atoms with Crippen LogP contribution in [0.2, 0.25) is 5.02 Å². The van der Waals surface area contributed by atoms with Crippen LogP contribution >= 0.6 is 11.6 Å². The summed E-state index contributed by atoms with van der Waals surface area (Å²) in [5.41, 5.74) is 2.02. The molecule has 6 heteroatoms. The SMILES string of the molecule is Cc1c(Cl)cccc1NC(=O)c1cc(C(=O)NC2CC2)ccn1. The van der Waals surface area contributed by atoms with Gasteiger partial charge in [-0.25, -0.2) is 0 Å². The Kier molecular flexibility index (Phi) is 4.30. The van der Waals surface area contributed by atoms with Crippen molar-refractivity contribution in [3.8, 4) is 0 Å². The summed E-state index contributed by atoms with van der Waals surface area (Å²) in [6.45, 7) is 1.82. The molecule has 5 nitrogen and oxygen atoms in total. The van der Waals surface area contributed by atoms with Gasteiger partial charge in [0.05, 0.1) is 0 Å². The molecule has 3 rings (SSSR count). The highest BCUT2D eigenvalue weighted by Crippen LogP contribution is 2.23. The Morgan fingerprint density at radius 3 is 2.74 bits per heavy atom. The first-order valence-corrected chi connectivity index (χ1v) is 7.76. The van der Waals surface area contributed by atoms with Crippen LogP contribution in [0.1, 0.15) is 39.3 Å². The fourth-order valence-electron chi connectivity index (χ4n) is 2.12. The third-order valence-electron chi connectivity index (χ3n) is 3.68. The zero-order valence-corrected chi connectivity index (χ0v) is 13.4. The lowest BCUT2D eigenvalue weighted by atomic mass is 10.1. The summed E-state index contributed by atoms with van der Waals surface area (Å²) < 4.78 is 0. The fraction of sp³-hybridized carbons (Fsp3) is 0.235. The van der Waals surface area contributed by atoms with Gasteiger partial charge in [-0.1, -0.05) is 17.7 Å². The van der Waals surface area contributed by atoms with Gasteiger partial charge in [0.25, 0.3) is 11.8 Å². The van der Waals surface area contributed by atoms with Crippen LogP contribution in [0.15, 0.2) is 36.5 Å². The van der Waals surface area contributed by atoms with Crippen LogP contribution in [-0.2, 0) is 0 Å². The quantitative estimate of drug-likeness (QED) is 0.905. The maximum atomic E-state index is 12.3. The number of pyridine rings is 1. The van der Waals surface area contributed by atoms with Gasteiger partial charge < -0.3 is 10.6 Å². The summed E-state index contributed by atoms with van der Waals surface area (Å²) in [5, 5.41) is 6.23. The number of hydrogen-bond donors (Lipinski definition) is 2. The second-order valence-corrected chi connectivity index (χ2v) is 5.95. The van der Waals surface area contributed by atoms with E-state index in [-0.39, 0.29) is 23.6 Å². The minimum absolute atomic E-state index is 0.178. The van der Waals surface area contributed by atoms with Gasteiger partial charge in [0.2, 0.25) is 0 Å². The van der Waals surface area contributed by atoms with E-state index in [1.165, 1.54) is 12.3 Å². The molecule has 1 aromatic heterocycles. The van der Waals surface area contributed by atoms with E-state index in [2.05, 4.69) is 15.6 Å². The molecule has 1 heterocycles. The fourth-order valence-corrected chi connectivity index (χ4v) is 2.30. The van der Waals surface area contributed by atoms with E-state index in [0.717, 1.165) is 18.4 Å². The molecule has 2 amide bonds. The predicted octanol–water partition coefficient (Wildman–Crippen LogP) is 3.19. The van der Waals surface area contributed by atoms with Crippen LogP contribution < -0.4 is 10.6 Å². The van der Waals surface area contributed by atoms with Crippen molar-refractivity contribution < 1.29 is 9.59 Å².